The maximum atomic E-state index is 13.0. The summed E-state index contributed by atoms with van der Waals surface area (Å²) in [6, 6.07) is 11.0. The summed E-state index contributed by atoms with van der Waals surface area (Å²) in [7, 11) is 0. The first kappa shape index (κ1) is 24.0. The van der Waals surface area contributed by atoms with Crippen LogP contribution in [0.15, 0.2) is 48.0 Å². The van der Waals surface area contributed by atoms with E-state index in [-0.39, 0.29) is 11.3 Å². The second-order valence-electron chi connectivity index (χ2n) is 7.98. The SMILES string of the molecule is CCCOc1ccc(/C(O)=C2/C(=O)C(=O)N(CCC)C2c2ccc(OC(C)=O)cc2)cc1C. The molecule has 1 fully saturated rings. The molecule has 174 valence electrons. The number of ketones is 1. The number of carbonyl (C=O) groups excluding carboxylic acids is 3. The van der Waals surface area contributed by atoms with Crippen LogP contribution in [0.3, 0.4) is 0 Å². The van der Waals surface area contributed by atoms with Crippen LogP contribution in [-0.4, -0.2) is 40.8 Å². The number of aliphatic hydroxyl groups is 1. The fourth-order valence-electron chi connectivity index (χ4n) is 3.91. The van der Waals surface area contributed by atoms with E-state index in [2.05, 4.69) is 0 Å². The lowest BCUT2D eigenvalue weighted by Crippen LogP contribution is -2.30. The molecule has 0 saturated carbocycles. The molecule has 1 heterocycles. The average Bonchev–Trinajstić information content (AvgIpc) is 3.03. The maximum Gasteiger partial charge on any atom is 0.308 e. The van der Waals surface area contributed by atoms with Gasteiger partial charge in [-0.1, -0.05) is 26.0 Å². The van der Waals surface area contributed by atoms with Crippen molar-refractivity contribution in [1.82, 2.24) is 4.90 Å². The first-order chi connectivity index (χ1) is 15.8. The van der Waals surface area contributed by atoms with Gasteiger partial charge in [0.05, 0.1) is 18.2 Å². The summed E-state index contributed by atoms with van der Waals surface area (Å²) in [5.41, 5.74) is 1.93. The van der Waals surface area contributed by atoms with Crippen molar-refractivity contribution >= 4 is 23.4 Å². The zero-order valence-corrected chi connectivity index (χ0v) is 19.4. The van der Waals surface area contributed by atoms with Crippen molar-refractivity contribution in [2.24, 2.45) is 0 Å². The normalized spacial score (nSPS) is 17.3. The lowest BCUT2D eigenvalue weighted by Gasteiger charge is -2.25. The molecule has 1 aliphatic rings. The molecule has 1 amide bonds. The Labute approximate surface area is 193 Å². The zero-order valence-electron chi connectivity index (χ0n) is 19.4. The van der Waals surface area contributed by atoms with Gasteiger partial charge in [-0.25, -0.2) is 0 Å². The van der Waals surface area contributed by atoms with Crippen molar-refractivity contribution in [3.8, 4) is 11.5 Å². The molecule has 1 unspecified atom stereocenters. The van der Waals surface area contributed by atoms with Crippen LogP contribution in [0, 0.1) is 6.92 Å². The molecular formula is C26H29NO6. The molecule has 1 N–H and O–H groups in total. The maximum absolute atomic E-state index is 13.0. The standard InChI is InChI=1S/C26H29NO6/c1-5-13-27-23(18-7-10-20(11-8-18)33-17(4)28)22(25(30)26(27)31)24(29)19-9-12-21(16(3)15-19)32-14-6-2/h7-12,15,23,29H,5-6,13-14H2,1-4H3/b24-22-. The number of nitrogens with zero attached hydrogens (tertiary/aromatic N) is 1. The van der Waals surface area contributed by atoms with E-state index in [0.717, 1.165) is 12.0 Å². The highest BCUT2D eigenvalue weighted by Crippen LogP contribution is 2.40. The lowest BCUT2D eigenvalue weighted by molar-refractivity contribution is -0.139. The molecule has 0 radical (unpaired) electrons. The minimum atomic E-state index is -0.743. The summed E-state index contributed by atoms with van der Waals surface area (Å²) < 4.78 is 10.8. The lowest BCUT2D eigenvalue weighted by atomic mass is 9.94. The second kappa shape index (κ2) is 10.3. The third-order valence-corrected chi connectivity index (χ3v) is 5.37. The third kappa shape index (κ3) is 5.08. The van der Waals surface area contributed by atoms with E-state index >= 15 is 0 Å². The van der Waals surface area contributed by atoms with Crippen LogP contribution < -0.4 is 9.47 Å². The summed E-state index contributed by atoms with van der Waals surface area (Å²) in [4.78, 5) is 38.5. The van der Waals surface area contributed by atoms with E-state index in [1.807, 2.05) is 20.8 Å². The molecule has 7 heteroatoms. The monoisotopic (exact) mass is 451 g/mol. The molecule has 2 aromatic rings. The van der Waals surface area contributed by atoms with Gasteiger partial charge in [0.2, 0.25) is 0 Å². The van der Waals surface area contributed by atoms with Crippen LogP contribution >= 0.6 is 0 Å². The molecule has 2 aromatic carbocycles. The van der Waals surface area contributed by atoms with Crippen LogP contribution in [0.1, 0.15) is 56.3 Å². The van der Waals surface area contributed by atoms with Crippen LogP contribution in [0.5, 0.6) is 11.5 Å². The predicted octanol–water partition coefficient (Wildman–Crippen LogP) is 4.54. The Morgan fingerprint density at radius 1 is 1.06 bits per heavy atom. The number of amides is 1. The number of Topliss-reactive ketones (excluding diaryl/α,β-unsaturated/α-hetero) is 1. The number of esters is 1. The molecule has 0 aliphatic carbocycles. The summed E-state index contributed by atoms with van der Waals surface area (Å²) in [5.74, 6) is -0.979. The Bertz CT molecular complexity index is 1090. The van der Waals surface area contributed by atoms with Gasteiger partial charge in [-0.05, 0) is 61.2 Å². The highest BCUT2D eigenvalue weighted by Gasteiger charge is 2.45. The highest BCUT2D eigenvalue weighted by molar-refractivity contribution is 6.46. The Hall–Kier alpha value is -3.61. The van der Waals surface area contributed by atoms with Gasteiger partial charge in [-0.15, -0.1) is 0 Å². The van der Waals surface area contributed by atoms with Gasteiger partial charge in [0.15, 0.2) is 0 Å². The molecule has 3 rings (SSSR count). The van der Waals surface area contributed by atoms with Crippen LogP contribution in [-0.2, 0) is 14.4 Å². The van der Waals surface area contributed by atoms with Crippen molar-refractivity contribution in [3.05, 3.63) is 64.7 Å². The van der Waals surface area contributed by atoms with Crippen molar-refractivity contribution in [2.75, 3.05) is 13.2 Å². The number of hydrogen-bond acceptors (Lipinski definition) is 6. The molecular weight excluding hydrogens is 422 g/mol. The van der Waals surface area contributed by atoms with E-state index in [9.17, 15) is 19.5 Å². The molecule has 0 spiro atoms. The first-order valence-corrected chi connectivity index (χ1v) is 11.1. The molecule has 1 saturated heterocycles. The molecule has 0 bridgehead atoms. The molecule has 1 atom stereocenters. The van der Waals surface area contributed by atoms with Crippen LogP contribution in [0.2, 0.25) is 0 Å². The largest absolute Gasteiger partial charge is 0.507 e. The summed E-state index contributed by atoms with van der Waals surface area (Å²) in [6.45, 7) is 8.05. The van der Waals surface area contributed by atoms with Crippen molar-refractivity contribution in [1.29, 1.82) is 0 Å². The van der Waals surface area contributed by atoms with Crippen molar-refractivity contribution < 1.29 is 29.0 Å². The molecule has 0 aromatic heterocycles. The van der Waals surface area contributed by atoms with Gasteiger partial charge < -0.3 is 19.5 Å². The van der Waals surface area contributed by atoms with Gasteiger partial charge in [0, 0.05) is 19.0 Å². The Balaban J connectivity index is 2.07. The first-order valence-electron chi connectivity index (χ1n) is 11.1. The number of benzene rings is 2. The third-order valence-electron chi connectivity index (χ3n) is 5.37. The molecule has 1 aliphatic heterocycles. The van der Waals surface area contributed by atoms with Gasteiger partial charge in [-0.3, -0.25) is 14.4 Å². The quantitative estimate of drug-likeness (QED) is 0.208. The van der Waals surface area contributed by atoms with E-state index in [1.54, 1.807) is 42.5 Å². The fourth-order valence-corrected chi connectivity index (χ4v) is 3.91. The van der Waals surface area contributed by atoms with E-state index in [1.165, 1.54) is 11.8 Å². The van der Waals surface area contributed by atoms with E-state index in [0.29, 0.717) is 42.2 Å². The van der Waals surface area contributed by atoms with E-state index < -0.39 is 23.7 Å². The van der Waals surface area contributed by atoms with E-state index in [4.69, 9.17) is 9.47 Å². The topological polar surface area (TPSA) is 93.1 Å². The van der Waals surface area contributed by atoms with Crippen molar-refractivity contribution in [2.45, 2.75) is 46.6 Å². The zero-order chi connectivity index (χ0) is 24.1. The van der Waals surface area contributed by atoms with Gasteiger partial charge in [0.1, 0.15) is 17.3 Å². The number of hydrogen-bond donors (Lipinski definition) is 1. The average molecular weight is 452 g/mol. The number of rotatable bonds is 8. The van der Waals surface area contributed by atoms with Crippen LogP contribution in [0.4, 0.5) is 0 Å². The van der Waals surface area contributed by atoms with Crippen LogP contribution in [0.25, 0.3) is 5.76 Å². The minimum Gasteiger partial charge on any atom is -0.507 e. The fraction of sp³-hybridized carbons (Fsp3) is 0.346. The Kier molecular flexibility index (Phi) is 7.53. The second-order valence-corrected chi connectivity index (χ2v) is 7.98. The van der Waals surface area contributed by atoms with Gasteiger partial charge in [0.25, 0.3) is 11.7 Å². The number of likely N-dealkylation sites (tertiary alicyclic amines) is 1. The summed E-state index contributed by atoms with van der Waals surface area (Å²) in [6.07, 6.45) is 1.52. The summed E-state index contributed by atoms with van der Waals surface area (Å²) in [5, 5.41) is 11.2. The summed E-state index contributed by atoms with van der Waals surface area (Å²) >= 11 is 0. The molecule has 33 heavy (non-hydrogen) atoms. The highest BCUT2D eigenvalue weighted by atomic mass is 16.5. The molecule has 7 nitrogen and oxygen atoms in total. The number of carbonyl (C=O) groups is 3. The predicted molar refractivity (Wildman–Crippen MR) is 124 cm³/mol. The Morgan fingerprint density at radius 2 is 1.76 bits per heavy atom. The van der Waals surface area contributed by atoms with Gasteiger partial charge >= 0.3 is 5.97 Å². The van der Waals surface area contributed by atoms with Crippen molar-refractivity contribution in [3.63, 3.8) is 0 Å². The number of ether oxygens (including phenoxy) is 2. The number of aryl methyl sites for hydroxylation is 1. The smallest absolute Gasteiger partial charge is 0.308 e. The van der Waals surface area contributed by atoms with Gasteiger partial charge in [-0.2, -0.15) is 0 Å². The number of aliphatic hydroxyl groups excluding tert-OH is 1. The Morgan fingerprint density at radius 3 is 2.33 bits per heavy atom. The minimum absolute atomic E-state index is 0.0373.